The van der Waals surface area contributed by atoms with Crippen molar-refractivity contribution in [2.24, 2.45) is 0 Å². The Hall–Kier alpha value is -19.7. The van der Waals surface area contributed by atoms with Crippen LogP contribution in [0.15, 0.2) is 504 Å². The Morgan fingerprint density at radius 1 is 0.156 bits per heavy atom. The third-order valence-corrected chi connectivity index (χ3v) is 31.1. The van der Waals surface area contributed by atoms with Gasteiger partial charge in [0.05, 0.1) is 99.6 Å². The lowest BCUT2D eigenvalue weighted by Crippen LogP contribution is -2.00. The maximum Gasteiger partial charge on any atom is 0.237 e. The highest BCUT2D eigenvalue weighted by Crippen LogP contribution is 2.48. The molecule has 14 heteroatoms. The SMILES string of the molecule is c1ccc(-n2c3ccccc3c3c(-n4c5ccccc5c5cc(-c6ccc7c(c6)c6ccccc6n7-c6ncccn6)ccc54)cccc32)cc1.c1ccc(-n2c3ccccc3c3cc(-c4ccc5c(c4)c4ccccc4n5-c4cccc5c6ccccc6n(-c6ccccc6)c45)ccc32)cc1.c1ccc2c(c1)sc1ccc(-n3c4ccccc4c4cc(-c5ccc6c(c5)c5ccccc5n6-c5ncncn5)ccc43)cc12. The number of hydrogen-bond acceptors (Lipinski definition) is 6. The highest BCUT2D eigenvalue weighted by molar-refractivity contribution is 7.25. The van der Waals surface area contributed by atoms with E-state index in [1.165, 1.54) is 229 Å². The number of aromatic nitrogens is 13. The van der Waals surface area contributed by atoms with Gasteiger partial charge in [0.25, 0.3) is 0 Å². The summed E-state index contributed by atoms with van der Waals surface area (Å²) in [6.45, 7) is 0. The fourth-order valence-electron chi connectivity index (χ4n) is 23.7. The van der Waals surface area contributed by atoms with Gasteiger partial charge in [-0.1, -0.05) is 273 Å². The van der Waals surface area contributed by atoms with Crippen LogP contribution in [0.2, 0.25) is 0 Å². The van der Waals surface area contributed by atoms with E-state index in [-0.39, 0.29) is 0 Å². The van der Waals surface area contributed by atoms with Gasteiger partial charge in [-0.2, -0.15) is 0 Å². The topological polar surface area (TPSA) is 104 Å². The monoisotopic (exact) mass is 1890 g/mol. The van der Waals surface area contributed by atoms with E-state index in [9.17, 15) is 0 Å². The van der Waals surface area contributed by atoms with Crippen LogP contribution >= 0.6 is 11.3 Å². The van der Waals surface area contributed by atoms with Crippen molar-refractivity contribution in [3.63, 3.8) is 0 Å². The molecule has 0 aliphatic heterocycles. The Balaban J connectivity index is 0.000000102. The molecule has 0 spiro atoms. The molecular weight excluding hydrogens is 1810 g/mol. The molecule has 0 atom stereocenters. The lowest BCUT2D eigenvalue weighted by Gasteiger charge is -2.14. The van der Waals surface area contributed by atoms with Gasteiger partial charge >= 0.3 is 0 Å². The number of fused-ring (bicyclic) bond motifs is 27. The molecule has 0 saturated heterocycles. The smallest absolute Gasteiger partial charge is 0.237 e. The predicted octanol–water partition coefficient (Wildman–Crippen LogP) is 34.2. The summed E-state index contributed by atoms with van der Waals surface area (Å²) in [7, 11) is 0. The zero-order valence-corrected chi connectivity index (χ0v) is 80.0. The Labute approximate surface area is 845 Å². The number of hydrogen-bond donors (Lipinski definition) is 0. The van der Waals surface area contributed by atoms with Gasteiger partial charge in [-0.3, -0.25) is 9.13 Å². The third-order valence-electron chi connectivity index (χ3n) is 30.0. The van der Waals surface area contributed by atoms with Crippen LogP contribution in [-0.2, 0) is 0 Å². The van der Waals surface area contributed by atoms with Gasteiger partial charge in [0.1, 0.15) is 12.7 Å². The third kappa shape index (κ3) is 13.1. The highest BCUT2D eigenvalue weighted by atomic mass is 32.1. The fourth-order valence-corrected chi connectivity index (χ4v) is 24.8. The minimum absolute atomic E-state index is 0.617. The molecule has 11 aromatic heterocycles. The van der Waals surface area contributed by atoms with Crippen LogP contribution in [-0.4, -0.2) is 61.5 Å². The maximum atomic E-state index is 4.59. The largest absolute Gasteiger partial charge is 0.309 e. The van der Waals surface area contributed by atoms with E-state index < -0.39 is 0 Å². The van der Waals surface area contributed by atoms with Gasteiger partial charge in [0, 0.05) is 141 Å². The molecule has 0 unspecified atom stereocenters. The molecule has 0 bridgehead atoms. The van der Waals surface area contributed by atoms with E-state index >= 15 is 0 Å². The Bertz CT molecular complexity index is 11000. The van der Waals surface area contributed by atoms with Crippen LogP contribution in [0.1, 0.15) is 0 Å². The summed E-state index contributed by atoms with van der Waals surface area (Å²) in [6.07, 6.45) is 6.68. The Morgan fingerprint density at radius 2 is 0.442 bits per heavy atom. The second-order valence-corrected chi connectivity index (χ2v) is 38.9. The van der Waals surface area contributed by atoms with Gasteiger partial charge in [0.2, 0.25) is 11.9 Å². The number of benzene rings is 21. The van der Waals surface area contributed by atoms with E-state index in [1.807, 2.05) is 17.4 Å². The molecule has 147 heavy (non-hydrogen) atoms. The average Bonchev–Trinajstić information content (AvgIpc) is 1.45. The molecule has 0 fully saturated rings. The standard InChI is InChI=1S/C48H31N3.C46H29N5.C39H23N5S/c1-3-14-34(15-4-1)49-42-22-10-8-19-37(42)40-30-32(26-28-45(40)49)33-27-29-46-41(31-33)38-20-9-12-24-44(38)51(46)47-25-13-21-39-36-18-7-11-23-43(36)50(48(39)47)35-16-5-2-6-17-35;1-2-12-32(13-3-1)49-40-19-9-6-16-35(40)45-43(49)20-10-21-44(45)50-38-17-7-4-14-33(38)36-28-30(22-24-41(36)50)31-23-25-42-37(29-31)34-15-5-8-18-39(34)51(42)46-47-26-11-27-48-46;1-4-10-33-27(7-1)30-19-24(13-16-35(30)43(33)26-15-18-38-32(21-26)29-9-3-6-12-37(29)45-38)25-14-17-36-31(20-25)28-8-2-5-11-34(28)44(36)39-41-22-40-23-42-39/h1-31H;1-29H;1-23H. The van der Waals surface area contributed by atoms with Gasteiger partial charge in [-0.15, -0.1) is 11.3 Å². The molecule has 0 amide bonds. The summed E-state index contributed by atoms with van der Waals surface area (Å²) < 4.78 is 21.4. The number of para-hydroxylation sites is 12. The molecule has 13 nitrogen and oxygen atoms in total. The van der Waals surface area contributed by atoms with E-state index in [4.69, 9.17) is 0 Å². The van der Waals surface area contributed by atoms with Crippen LogP contribution in [0.4, 0.5) is 0 Å². The first kappa shape index (κ1) is 83.1. The molecule has 0 radical (unpaired) electrons. The summed E-state index contributed by atoms with van der Waals surface area (Å²) in [5, 5.41) is 22.3. The maximum absolute atomic E-state index is 4.59. The van der Waals surface area contributed by atoms with Crippen molar-refractivity contribution in [2.75, 3.05) is 0 Å². The second-order valence-electron chi connectivity index (χ2n) is 37.8. The summed E-state index contributed by atoms with van der Waals surface area (Å²) in [5.74, 6) is 1.29. The average molecular weight is 1900 g/mol. The van der Waals surface area contributed by atoms with Crippen LogP contribution in [0.25, 0.3) is 274 Å². The van der Waals surface area contributed by atoms with Crippen LogP contribution in [0.3, 0.4) is 0 Å². The molecule has 32 rings (SSSR count). The molecule has 686 valence electrons. The quantitative estimate of drug-likeness (QED) is 0.128. The van der Waals surface area contributed by atoms with Crippen molar-refractivity contribution in [1.29, 1.82) is 0 Å². The van der Waals surface area contributed by atoms with Crippen molar-refractivity contribution < 1.29 is 0 Å². The lowest BCUT2D eigenvalue weighted by atomic mass is 10.0. The second kappa shape index (κ2) is 33.5. The van der Waals surface area contributed by atoms with Gasteiger partial charge < -0.3 is 27.4 Å². The van der Waals surface area contributed by atoms with Crippen molar-refractivity contribution in [3.05, 3.63) is 504 Å². The zero-order chi connectivity index (χ0) is 96.4. The van der Waals surface area contributed by atoms with Gasteiger partial charge in [0.15, 0.2) is 0 Å². The van der Waals surface area contributed by atoms with Gasteiger partial charge in [-0.25, -0.2) is 24.9 Å². The van der Waals surface area contributed by atoms with Crippen LogP contribution in [0.5, 0.6) is 0 Å². The Morgan fingerprint density at radius 3 is 0.884 bits per heavy atom. The number of nitrogens with zero attached hydrogens (tertiary/aromatic N) is 13. The molecule has 32 aromatic rings. The minimum Gasteiger partial charge on any atom is -0.309 e. The predicted molar refractivity (Wildman–Crippen MR) is 612 cm³/mol. The molecule has 0 aliphatic rings. The van der Waals surface area contributed by atoms with Crippen molar-refractivity contribution in [2.45, 2.75) is 0 Å². The summed E-state index contributed by atoms with van der Waals surface area (Å²) >= 11 is 1.86. The Kier molecular flexibility index (Phi) is 19.0. The lowest BCUT2D eigenvalue weighted by molar-refractivity contribution is 0.939. The van der Waals surface area contributed by atoms with E-state index in [1.54, 1.807) is 25.0 Å². The molecule has 21 aromatic carbocycles. The highest BCUT2D eigenvalue weighted by Gasteiger charge is 2.27. The summed E-state index contributed by atoms with van der Waals surface area (Å²) in [4.78, 5) is 22.1. The summed E-state index contributed by atoms with van der Waals surface area (Å²) in [5.41, 5.74) is 32.9. The first-order valence-corrected chi connectivity index (χ1v) is 50.5. The van der Waals surface area contributed by atoms with E-state index in [0.29, 0.717) is 11.9 Å². The normalized spacial score (nSPS) is 11.9. The minimum atomic E-state index is 0.617. The fraction of sp³-hybridized carbons (Fsp3) is 0. The molecule has 0 N–H and O–H groups in total. The van der Waals surface area contributed by atoms with Crippen molar-refractivity contribution in [3.8, 4) is 79.4 Å². The zero-order valence-electron chi connectivity index (χ0n) is 79.1. The van der Waals surface area contributed by atoms with Crippen LogP contribution in [0, 0.1) is 0 Å². The van der Waals surface area contributed by atoms with Crippen LogP contribution < -0.4 is 0 Å². The molecule has 0 aliphatic carbocycles. The van der Waals surface area contributed by atoms with E-state index in [0.717, 1.165) is 33.4 Å². The van der Waals surface area contributed by atoms with Crippen molar-refractivity contribution >= 4 is 206 Å². The summed E-state index contributed by atoms with van der Waals surface area (Å²) in [6, 6.07) is 174. The molecule has 11 heterocycles. The van der Waals surface area contributed by atoms with E-state index in [2.05, 4.69) is 535 Å². The first-order chi connectivity index (χ1) is 73.0. The molecular formula is C133H83N13S. The van der Waals surface area contributed by atoms with Crippen molar-refractivity contribution in [1.82, 2.24) is 61.5 Å². The first-order valence-electron chi connectivity index (χ1n) is 49.7. The van der Waals surface area contributed by atoms with Gasteiger partial charge in [-0.05, 0) is 240 Å². The number of thiophene rings is 1. The molecule has 0 saturated carbocycles. The number of rotatable bonds is 11.